The van der Waals surface area contributed by atoms with Crippen molar-refractivity contribution in [2.45, 2.75) is 4.90 Å². The molecule has 0 aliphatic heterocycles. The standard InChI is InChI=1S/C7H4ClFN2O2S/c8-14(12,13)6-2-4(9)1-5-7(6)11-3-10-5/h1-3H,(H,10,11). The first-order valence-electron chi connectivity index (χ1n) is 3.56. The second-order valence-electron chi connectivity index (χ2n) is 2.64. The van der Waals surface area contributed by atoms with Crippen LogP contribution < -0.4 is 0 Å². The number of benzene rings is 1. The van der Waals surface area contributed by atoms with Gasteiger partial charge in [0, 0.05) is 10.7 Å². The fraction of sp³-hybridized carbons (Fsp3) is 0. The van der Waals surface area contributed by atoms with E-state index in [-0.39, 0.29) is 10.4 Å². The number of hydrogen-bond donors (Lipinski definition) is 1. The van der Waals surface area contributed by atoms with Crippen molar-refractivity contribution in [2.24, 2.45) is 0 Å². The second-order valence-corrected chi connectivity index (χ2v) is 5.17. The number of H-pyrrole nitrogens is 1. The van der Waals surface area contributed by atoms with E-state index < -0.39 is 14.9 Å². The van der Waals surface area contributed by atoms with Crippen LogP contribution in [-0.2, 0) is 9.05 Å². The first-order valence-corrected chi connectivity index (χ1v) is 5.87. The summed E-state index contributed by atoms with van der Waals surface area (Å²) in [5.41, 5.74) is 0.436. The van der Waals surface area contributed by atoms with Crippen molar-refractivity contribution in [2.75, 3.05) is 0 Å². The molecule has 4 nitrogen and oxygen atoms in total. The third-order valence-corrected chi connectivity index (χ3v) is 3.05. The Labute approximate surface area is 83.1 Å². The number of aromatic amines is 1. The van der Waals surface area contributed by atoms with Gasteiger partial charge in [-0.2, -0.15) is 0 Å². The number of aromatic nitrogens is 2. The van der Waals surface area contributed by atoms with Crippen molar-refractivity contribution in [3.63, 3.8) is 0 Å². The van der Waals surface area contributed by atoms with E-state index in [0.717, 1.165) is 12.1 Å². The Hall–Kier alpha value is -1.14. The summed E-state index contributed by atoms with van der Waals surface area (Å²) < 4.78 is 35.0. The summed E-state index contributed by atoms with van der Waals surface area (Å²) in [5, 5.41) is 0. The molecule has 1 aromatic heterocycles. The summed E-state index contributed by atoms with van der Waals surface area (Å²) in [6.45, 7) is 0. The number of halogens is 2. The SMILES string of the molecule is O=S(=O)(Cl)c1cc(F)cc2[nH]cnc12. The van der Waals surface area contributed by atoms with Crippen molar-refractivity contribution in [1.82, 2.24) is 9.97 Å². The maximum atomic E-state index is 12.9. The largest absolute Gasteiger partial charge is 0.344 e. The van der Waals surface area contributed by atoms with Gasteiger partial charge in [0.05, 0.1) is 11.8 Å². The molecule has 0 aliphatic rings. The molecule has 1 heterocycles. The predicted octanol–water partition coefficient (Wildman–Crippen LogP) is 1.63. The zero-order valence-corrected chi connectivity index (χ0v) is 8.23. The molecule has 0 saturated heterocycles. The van der Waals surface area contributed by atoms with Gasteiger partial charge in [-0.15, -0.1) is 0 Å². The first kappa shape index (κ1) is 9.42. The topological polar surface area (TPSA) is 62.8 Å². The van der Waals surface area contributed by atoms with Gasteiger partial charge in [-0.1, -0.05) is 0 Å². The Morgan fingerprint density at radius 1 is 1.43 bits per heavy atom. The van der Waals surface area contributed by atoms with Crippen LogP contribution in [0, 0.1) is 5.82 Å². The number of nitrogens with zero attached hydrogens (tertiary/aromatic N) is 1. The molecule has 1 aromatic carbocycles. The summed E-state index contributed by atoms with van der Waals surface area (Å²) in [6.07, 6.45) is 1.27. The van der Waals surface area contributed by atoms with Crippen molar-refractivity contribution in [1.29, 1.82) is 0 Å². The molecule has 0 atom stereocenters. The van der Waals surface area contributed by atoms with Crippen LogP contribution in [0.1, 0.15) is 0 Å². The minimum Gasteiger partial charge on any atom is -0.344 e. The molecule has 2 rings (SSSR count). The van der Waals surface area contributed by atoms with Gasteiger partial charge in [0.2, 0.25) is 0 Å². The van der Waals surface area contributed by atoms with Gasteiger partial charge in [0.15, 0.2) is 0 Å². The van der Waals surface area contributed by atoms with Crippen LogP contribution >= 0.6 is 10.7 Å². The first-order chi connectivity index (χ1) is 6.48. The van der Waals surface area contributed by atoms with Gasteiger partial charge in [-0.05, 0) is 12.1 Å². The molecule has 0 unspecified atom stereocenters. The molecule has 74 valence electrons. The monoisotopic (exact) mass is 234 g/mol. The van der Waals surface area contributed by atoms with Gasteiger partial charge < -0.3 is 4.98 Å². The van der Waals surface area contributed by atoms with Crippen LogP contribution in [0.5, 0.6) is 0 Å². The van der Waals surface area contributed by atoms with Crippen LogP contribution in [-0.4, -0.2) is 18.4 Å². The summed E-state index contributed by atoms with van der Waals surface area (Å²) >= 11 is 0. The van der Waals surface area contributed by atoms with E-state index in [1.54, 1.807) is 0 Å². The summed E-state index contributed by atoms with van der Waals surface area (Å²) in [6, 6.07) is 1.99. The Balaban J connectivity index is 2.94. The van der Waals surface area contributed by atoms with E-state index in [4.69, 9.17) is 10.7 Å². The molecule has 2 aromatic rings. The van der Waals surface area contributed by atoms with E-state index in [9.17, 15) is 12.8 Å². The third kappa shape index (κ3) is 1.46. The van der Waals surface area contributed by atoms with Crippen LogP contribution in [0.4, 0.5) is 4.39 Å². The number of fused-ring (bicyclic) bond motifs is 1. The van der Waals surface area contributed by atoms with E-state index in [1.807, 2.05) is 0 Å². The number of nitrogens with one attached hydrogen (secondary N) is 1. The quantitative estimate of drug-likeness (QED) is 0.763. The molecule has 1 N–H and O–H groups in total. The Morgan fingerprint density at radius 2 is 2.14 bits per heavy atom. The van der Waals surface area contributed by atoms with E-state index in [0.29, 0.717) is 5.52 Å². The Bertz CT molecular complexity index is 593. The maximum absolute atomic E-state index is 12.9. The van der Waals surface area contributed by atoms with Gasteiger partial charge >= 0.3 is 0 Å². The summed E-state index contributed by atoms with van der Waals surface area (Å²) in [7, 11) is 1.15. The lowest BCUT2D eigenvalue weighted by molar-refractivity contribution is 0.604. The molecule has 0 radical (unpaired) electrons. The molecule has 7 heteroatoms. The maximum Gasteiger partial charge on any atom is 0.263 e. The van der Waals surface area contributed by atoms with Gasteiger partial charge in [-0.3, -0.25) is 0 Å². The average molecular weight is 235 g/mol. The molecule has 0 fully saturated rings. The van der Waals surface area contributed by atoms with Crippen LogP contribution in [0.25, 0.3) is 11.0 Å². The lowest BCUT2D eigenvalue weighted by atomic mass is 10.3. The fourth-order valence-electron chi connectivity index (χ4n) is 1.17. The highest BCUT2D eigenvalue weighted by Crippen LogP contribution is 2.24. The number of imidazole rings is 1. The highest BCUT2D eigenvalue weighted by molar-refractivity contribution is 8.14. The highest BCUT2D eigenvalue weighted by Gasteiger charge is 2.17. The van der Waals surface area contributed by atoms with E-state index >= 15 is 0 Å². The minimum absolute atomic E-state index is 0.140. The Morgan fingerprint density at radius 3 is 2.79 bits per heavy atom. The molecule has 0 aliphatic carbocycles. The van der Waals surface area contributed by atoms with Gasteiger partial charge in [0.1, 0.15) is 16.2 Å². The Kier molecular flexibility index (Phi) is 1.97. The van der Waals surface area contributed by atoms with Gasteiger partial charge in [-0.25, -0.2) is 17.8 Å². The van der Waals surface area contributed by atoms with Gasteiger partial charge in [0.25, 0.3) is 9.05 Å². The summed E-state index contributed by atoms with van der Waals surface area (Å²) in [4.78, 5) is 6.02. The highest BCUT2D eigenvalue weighted by atomic mass is 35.7. The minimum atomic E-state index is -3.97. The zero-order valence-electron chi connectivity index (χ0n) is 6.66. The smallest absolute Gasteiger partial charge is 0.263 e. The molecular formula is C7H4ClFN2O2S. The molecule has 0 saturated carbocycles. The zero-order chi connectivity index (χ0) is 10.3. The summed E-state index contributed by atoms with van der Waals surface area (Å²) in [5.74, 6) is -0.680. The van der Waals surface area contributed by atoms with Crippen molar-refractivity contribution >= 4 is 30.8 Å². The second kappa shape index (κ2) is 2.93. The average Bonchev–Trinajstić information content (AvgIpc) is 2.47. The fourth-order valence-corrected chi connectivity index (χ4v) is 2.17. The predicted molar refractivity (Wildman–Crippen MR) is 49.1 cm³/mol. The third-order valence-electron chi connectivity index (χ3n) is 1.72. The lowest BCUT2D eigenvalue weighted by Crippen LogP contribution is -1.93. The molecule has 0 bridgehead atoms. The van der Waals surface area contributed by atoms with Crippen molar-refractivity contribution in [3.05, 3.63) is 24.3 Å². The van der Waals surface area contributed by atoms with Crippen molar-refractivity contribution < 1.29 is 12.8 Å². The normalized spacial score (nSPS) is 12.1. The van der Waals surface area contributed by atoms with Crippen molar-refractivity contribution in [3.8, 4) is 0 Å². The molecular weight excluding hydrogens is 231 g/mol. The molecule has 0 amide bonds. The van der Waals surface area contributed by atoms with Crippen LogP contribution in [0.2, 0.25) is 0 Å². The molecule has 14 heavy (non-hydrogen) atoms. The van der Waals surface area contributed by atoms with E-state index in [1.165, 1.54) is 6.33 Å². The number of rotatable bonds is 1. The van der Waals surface area contributed by atoms with E-state index in [2.05, 4.69) is 9.97 Å². The van der Waals surface area contributed by atoms with Crippen LogP contribution in [0.3, 0.4) is 0 Å². The number of hydrogen-bond acceptors (Lipinski definition) is 3. The molecule has 0 spiro atoms. The lowest BCUT2D eigenvalue weighted by Gasteiger charge is -1.97. The van der Waals surface area contributed by atoms with Crippen LogP contribution in [0.15, 0.2) is 23.4 Å².